The summed E-state index contributed by atoms with van der Waals surface area (Å²) in [5, 5.41) is 1.30. The van der Waals surface area contributed by atoms with E-state index in [0.717, 1.165) is 18.7 Å². The van der Waals surface area contributed by atoms with Gasteiger partial charge in [0.2, 0.25) is 0 Å². The number of rotatable bonds is 5. The van der Waals surface area contributed by atoms with Crippen molar-refractivity contribution in [2.45, 2.75) is 31.8 Å². The average Bonchev–Trinajstić information content (AvgIpc) is 2.22. The van der Waals surface area contributed by atoms with E-state index in [2.05, 4.69) is 4.90 Å². The molecule has 0 amide bonds. The molecular formula is C13H16Cl3N. The zero-order valence-corrected chi connectivity index (χ0v) is 11.9. The van der Waals surface area contributed by atoms with Gasteiger partial charge in [-0.25, -0.2) is 0 Å². The molecule has 0 aliphatic heterocycles. The lowest BCUT2D eigenvalue weighted by Crippen LogP contribution is -2.40. The highest BCUT2D eigenvalue weighted by molar-refractivity contribution is 6.42. The largest absolute Gasteiger partial charge is 0.295 e. The third-order valence-electron chi connectivity index (χ3n) is 3.37. The Kier molecular flexibility index (Phi) is 4.98. The van der Waals surface area contributed by atoms with Crippen molar-refractivity contribution >= 4 is 34.8 Å². The fraction of sp³-hybridized carbons (Fsp3) is 0.538. The molecule has 17 heavy (non-hydrogen) atoms. The number of nitrogens with zero attached hydrogens (tertiary/aromatic N) is 1. The zero-order valence-electron chi connectivity index (χ0n) is 9.63. The van der Waals surface area contributed by atoms with E-state index in [4.69, 9.17) is 34.8 Å². The molecule has 94 valence electrons. The lowest BCUT2D eigenvalue weighted by atomic mass is 9.91. The Labute approximate surface area is 118 Å². The quantitative estimate of drug-likeness (QED) is 0.718. The zero-order chi connectivity index (χ0) is 12.3. The van der Waals surface area contributed by atoms with Gasteiger partial charge in [0.1, 0.15) is 0 Å². The molecule has 0 saturated heterocycles. The summed E-state index contributed by atoms with van der Waals surface area (Å²) in [7, 11) is 0. The van der Waals surface area contributed by atoms with Gasteiger partial charge in [-0.05, 0) is 24.5 Å². The van der Waals surface area contributed by atoms with Crippen LogP contribution in [-0.2, 0) is 6.54 Å². The van der Waals surface area contributed by atoms with Crippen LogP contribution < -0.4 is 0 Å². The number of hydrogen-bond donors (Lipinski definition) is 0. The minimum atomic E-state index is 0.628. The normalized spacial score (nSPS) is 16.2. The third kappa shape index (κ3) is 3.29. The first-order valence-corrected chi connectivity index (χ1v) is 7.24. The van der Waals surface area contributed by atoms with Gasteiger partial charge in [0.25, 0.3) is 0 Å². The highest BCUT2D eigenvalue weighted by atomic mass is 35.5. The van der Waals surface area contributed by atoms with Gasteiger partial charge in [-0.1, -0.05) is 41.8 Å². The third-order valence-corrected chi connectivity index (χ3v) is 4.39. The molecule has 0 aromatic heterocycles. The van der Waals surface area contributed by atoms with E-state index in [9.17, 15) is 0 Å². The Balaban J connectivity index is 2.08. The number of hydrogen-bond acceptors (Lipinski definition) is 1. The maximum absolute atomic E-state index is 6.21. The van der Waals surface area contributed by atoms with Crippen molar-refractivity contribution in [2.75, 3.05) is 12.4 Å². The van der Waals surface area contributed by atoms with Gasteiger partial charge < -0.3 is 0 Å². The number of alkyl halides is 1. The van der Waals surface area contributed by atoms with Gasteiger partial charge in [0.15, 0.2) is 0 Å². The van der Waals surface area contributed by atoms with E-state index < -0.39 is 0 Å². The predicted molar refractivity (Wildman–Crippen MR) is 75.2 cm³/mol. The maximum Gasteiger partial charge on any atom is 0.0637 e. The SMILES string of the molecule is ClCCN(Cc1cccc(Cl)c1Cl)C1CCC1. The van der Waals surface area contributed by atoms with Gasteiger partial charge in [0, 0.05) is 25.0 Å². The van der Waals surface area contributed by atoms with Crippen LogP contribution in [0.3, 0.4) is 0 Å². The van der Waals surface area contributed by atoms with Crippen LogP contribution in [0.4, 0.5) is 0 Å². The second-order valence-corrected chi connectivity index (χ2v) is 5.62. The Hall–Kier alpha value is 0.0500. The molecule has 1 aromatic rings. The molecule has 0 unspecified atom stereocenters. The summed E-state index contributed by atoms with van der Waals surface area (Å²) in [6.07, 6.45) is 3.87. The van der Waals surface area contributed by atoms with Crippen LogP contribution in [0.1, 0.15) is 24.8 Å². The lowest BCUT2D eigenvalue weighted by Gasteiger charge is -2.37. The summed E-state index contributed by atoms with van der Waals surface area (Å²) in [6, 6.07) is 6.48. The molecule has 0 heterocycles. The Bertz CT molecular complexity index is 377. The van der Waals surface area contributed by atoms with E-state index in [1.54, 1.807) is 0 Å². The Morgan fingerprint density at radius 3 is 2.59 bits per heavy atom. The molecule has 1 nitrogen and oxygen atoms in total. The van der Waals surface area contributed by atoms with Crippen molar-refractivity contribution in [3.63, 3.8) is 0 Å². The minimum absolute atomic E-state index is 0.628. The van der Waals surface area contributed by atoms with Crippen LogP contribution in [0.15, 0.2) is 18.2 Å². The molecule has 1 aliphatic rings. The summed E-state index contributed by atoms with van der Waals surface area (Å²) in [5.41, 5.74) is 1.09. The molecule has 4 heteroatoms. The fourth-order valence-electron chi connectivity index (χ4n) is 2.14. The van der Waals surface area contributed by atoms with Crippen LogP contribution in [0.25, 0.3) is 0 Å². The summed E-state index contributed by atoms with van der Waals surface area (Å²) in [5.74, 6) is 0.661. The van der Waals surface area contributed by atoms with Crippen molar-refractivity contribution in [1.29, 1.82) is 0 Å². The molecule has 2 rings (SSSR count). The summed E-state index contributed by atoms with van der Waals surface area (Å²) in [6.45, 7) is 1.76. The molecule has 1 saturated carbocycles. The smallest absolute Gasteiger partial charge is 0.0637 e. The highest BCUT2D eigenvalue weighted by Crippen LogP contribution is 2.30. The maximum atomic E-state index is 6.21. The van der Waals surface area contributed by atoms with Crippen LogP contribution in [-0.4, -0.2) is 23.4 Å². The van der Waals surface area contributed by atoms with Crippen molar-refractivity contribution in [3.05, 3.63) is 33.8 Å². The molecule has 0 N–H and O–H groups in total. The van der Waals surface area contributed by atoms with E-state index >= 15 is 0 Å². The van der Waals surface area contributed by atoms with E-state index in [1.165, 1.54) is 19.3 Å². The highest BCUT2D eigenvalue weighted by Gasteiger charge is 2.25. The Morgan fingerprint density at radius 1 is 1.24 bits per heavy atom. The molecule has 0 bridgehead atoms. The van der Waals surface area contributed by atoms with Crippen molar-refractivity contribution in [1.82, 2.24) is 4.90 Å². The van der Waals surface area contributed by atoms with Crippen LogP contribution >= 0.6 is 34.8 Å². The molecular weight excluding hydrogens is 277 g/mol. The fourth-order valence-corrected chi connectivity index (χ4v) is 2.74. The summed E-state index contributed by atoms with van der Waals surface area (Å²) < 4.78 is 0. The van der Waals surface area contributed by atoms with Gasteiger partial charge >= 0.3 is 0 Å². The first-order chi connectivity index (χ1) is 8.22. The molecule has 0 atom stereocenters. The van der Waals surface area contributed by atoms with Crippen molar-refractivity contribution < 1.29 is 0 Å². The summed E-state index contributed by atoms with van der Waals surface area (Å²) in [4.78, 5) is 2.41. The molecule has 1 fully saturated rings. The topological polar surface area (TPSA) is 3.24 Å². The van der Waals surface area contributed by atoms with Gasteiger partial charge in [-0.15, -0.1) is 11.6 Å². The van der Waals surface area contributed by atoms with Gasteiger partial charge in [-0.2, -0.15) is 0 Å². The second-order valence-electron chi connectivity index (χ2n) is 4.46. The second kappa shape index (κ2) is 6.29. The first kappa shape index (κ1) is 13.5. The monoisotopic (exact) mass is 291 g/mol. The van der Waals surface area contributed by atoms with Crippen molar-refractivity contribution in [3.8, 4) is 0 Å². The predicted octanol–water partition coefficient (Wildman–Crippen LogP) is 4.59. The standard InChI is InChI=1S/C13H16Cl3N/c14-7-8-17(11-4-2-5-11)9-10-3-1-6-12(15)13(10)16/h1,3,6,11H,2,4-5,7-9H2. The van der Waals surface area contributed by atoms with E-state index in [0.29, 0.717) is 22.0 Å². The van der Waals surface area contributed by atoms with E-state index in [1.807, 2.05) is 18.2 Å². The van der Waals surface area contributed by atoms with E-state index in [-0.39, 0.29) is 0 Å². The lowest BCUT2D eigenvalue weighted by molar-refractivity contribution is 0.127. The van der Waals surface area contributed by atoms with Crippen molar-refractivity contribution in [2.24, 2.45) is 0 Å². The summed E-state index contributed by atoms with van der Waals surface area (Å²) >= 11 is 18.1. The first-order valence-electron chi connectivity index (χ1n) is 5.95. The molecule has 0 spiro atoms. The van der Waals surface area contributed by atoms with Gasteiger partial charge in [0.05, 0.1) is 10.0 Å². The van der Waals surface area contributed by atoms with Gasteiger partial charge in [-0.3, -0.25) is 4.90 Å². The number of benzene rings is 1. The average molecular weight is 293 g/mol. The molecule has 1 aliphatic carbocycles. The molecule has 1 aromatic carbocycles. The minimum Gasteiger partial charge on any atom is -0.295 e. The molecule has 0 radical (unpaired) electrons. The van der Waals surface area contributed by atoms with Crippen LogP contribution in [0.2, 0.25) is 10.0 Å². The number of halogens is 3. The van der Waals surface area contributed by atoms with Crippen LogP contribution in [0, 0.1) is 0 Å². The van der Waals surface area contributed by atoms with Crippen LogP contribution in [0.5, 0.6) is 0 Å². The Morgan fingerprint density at radius 2 is 2.00 bits per heavy atom.